The van der Waals surface area contributed by atoms with E-state index in [9.17, 15) is 4.39 Å². The van der Waals surface area contributed by atoms with E-state index < -0.39 is 0 Å². The fraction of sp³-hybridized carbons (Fsp3) is 0.500. The maximum Gasteiger partial charge on any atom is 0.126 e. The van der Waals surface area contributed by atoms with Gasteiger partial charge in [-0.05, 0) is 82.9 Å². The van der Waals surface area contributed by atoms with E-state index in [1.807, 2.05) is 36.9 Å². The molecule has 2 aromatic heterocycles. The van der Waals surface area contributed by atoms with Gasteiger partial charge in [-0.1, -0.05) is 18.2 Å². The smallest absolute Gasteiger partial charge is 0.126 e. The summed E-state index contributed by atoms with van der Waals surface area (Å²) in [5.41, 5.74) is 3.10. The van der Waals surface area contributed by atoms with E-state index in [0.717, 1.165) is 68.2 Å². The van der Waals surface area contributed by atoms with Gasteiger partial charge in [0, 0.05) is 31.4 Å². The number of likely N-dealkylation sites (N-methyl/N-ethyl adjacent to an activating group) is 1. The van der Waals surface area contributed by atoms with Crippen LogP contribution in [0.3, 0.4) is 0 Å². The maximum absolute atomic E-state index is 14.5. The second kappa shape index (κ2) is 10.0. The van der Waals surface area contributed by atoms with Crippen LogP contribution in [0.5, 0.6) is 0 Å². The molecule has 1 fully saturated rings. The highest BCUT2D eigenvalue weighted by Crippen LogP contribution is 2.29. The van der Waals surface area contributed by atoms with Crippen LogP contribution in [-0.4, -0.2) is 45.8 Å². The minimum Gasteiger partial charge on any atom is -0.465 e. The van der Waals surface area contributed by atoms with E-state index in [1.54, 1.807) is 12.1 Å². The van der Waals surface area contributed by atoms with Gasteiger partial charge in [-0.2, -0.15) is 5.10 Å². The van der Waals surface area contributed by atoms with E-state index in [0.29, 0.717) is 5.92 Å². The fourth-order valence-corrected chi connectivity index (χ4v) is 5.05. The molecule has 1 aliphatic rings. The first-order chi connectivity index (χ1) is 15.4. The van der Waals surface area contributed by atoms with Crippen molar-refractivity contribution < 1.29 is 8.81 Å². The van der Waals surface area contributed by atoms with Gasteiger partial charge in [0.05, 0.1) is 12.2 Å². The van der Waals surface area contributed by atoms with E-state index in [1.165, 1.54) is 5.56 Å². The van der Waals surface area contributed by atoms with Crippen molar-refractivity contribution in [1.82, 2.24) is 19.6 Å². The van der Waals surface area contributed by atoms with E-state index >= 15 is 0 Å². The lowest BCUT2D eigenvalue weighted by molar-refractivity contribution is 0.0915. The highest BCUT2D eigenvalue weighted by atomic mass is 19.1. The molecular weight excluding hydrogens is 403 g/mol. The monoisotopic (exact) mass is 438 g/mol. The lowest BCUT2D eigenvalue weighted by atomic mass is 9.84. The zero-order chi connectivity index (χ0) is 22.7. The summed E-state index contributed by atoms with van der Waals surface area (Å²) in [7, 11) is 4.14. The molecule has 0 radical (unpaired) electrons. The summed E-state index contributed by atoms with van der Waals surface area (Å²) < 4.78 is 22.2. The molecule has 0 spiro atoms. The zero-order valence-corrected chi connectivity index (χ0v) is 19.7. The van der Waals surface area contributed by atoms with E-state index in [-0.39, 0.29) is 11.9 Å². The van der Waals surface area contributed by atoms with Crippen LogP contribution in [-0.2, 0) is 26.6 Å². The van der Waals surface area contributed by atoms with Gasteiger partial charge >= 0.3 is 0 Å². The normalized spacial score (nSPS) is 16.7. The second-order valence-corrected chi connectivity index (χ2v) is 9.32. The van der Waals surface area contributed by atoms with Crippen LogP contribution in [0.1, 0.15) is 41.2 Å². The lowest BCUT2D eigenvalue weighted by Gasteiger charge is -2.40. The summed E-state index contributed by atoms with van der Waals surface area (Å²) in [6.45, 7) is 7.82. The topological polar surface area (TPSA) is 37.4 Å². The molecule has 3 aromatic rings. The van der Waals surface area contributed by atoms with E-state index in [4.69, 9.17) is 4.42 Å². The zero-order valence-electron chi connectivity index (χ0n) is 19.7. The van der Waals surface area contributed by atoms with Gasteiger partial charge in [0.1, 0.15) is 17.3 Å². The van der Waals surface area contributed by atoms with Gasteiger partial charge in [0.15, 0.2) is 0 Å². The number of nitrogens with zero attached hydrogens (tertiary/aromatic N) is 4. The number of hydrogen-bond donors (Lipinski definition) is 0. The average Bonchev–Trinajstić information content (AvgIpc) is 3.31. The molecule has 1 aromatic carbocycles. The molecule has 0 unspecified atom stereocenters. The van der Waals surface area contributed by atoms with Crippen LogP contribution in [0.2, 0.25) is 0 Å². The largest absolute Gasteiger partial charge is 0.465 e. The van der Waals surface area contributed by atoms with Crippen LogP contribution in [0.25, 0.3) is 0 Å². The summed E-state index contributed by atoms with van der Waals surface area (Å²) in [6.07, 6.45) is 5.04. The molecule has 0 amide bonds. The molecule has 5 nitrogen and oxygen atoms in total. The molecule has 1 aliphatic heterocycles. The van der Waals surface area contributed by atoms with Crippen LogP contribution in [0.15, 0.2) is 47.0 Å². The molecule has 1 saturated heterocycles. The van der Waals surface area contributed by atoms with Crippen molar-refractivity contribution in [1.29, 1.82) is 0 Å². The van der Waals surface area contributed by atoms with Crippen molar-refractivity contribution >= 4 is 0 Å². The number of piperidine rings is 1. The number of halogens is 1. The molecule has 4 rings (SSSR count). The van der Waals surface area contributed by atoms with Crippen molar-refractivity contribution in [2.24, 2.45) is 13.0 Å². The third kappa shape index (κ3) is 5.48. The molecule has 0 aliphatic carbocycles. The molecule has 0 bridgehead atoms. The minimum atomic E-state index is -0.103. The van der Waals surface area contributed by atoms with Gasteiger partial charge in [0.2, 0.25) is 0 Å². The second-order valence-electron chi connectivity index (χ2n) is 9.32. The first kappa shape index (κ1) is 22.7. The molecule has 3 heterocycles. The third-order valence-corrected chi connectivity index (χ3v) is 6.84. The minimum absolute atomic E-state index is 0.103. The molecule has 0 N–H and O–H groups in total. The number of hydrogen-bond acceptors (Lipinski definition) is 4. The number of likely N-dealkylation sites (tertiary alicyclic amines) is 1. The molecule has 0 saturated carbocycles. The predicted octanol–water partition coefficient (Wildman–Crippen LogP) is 4.72. The first-order valence-corrected chi connectivity index (χ1v) is 11.6. The van der Waals surface area contributed by atoms with Gasteiger partial charge < -0.3 is 4.42 Å². The summed E-state index contributed by atoms with van der Waals surface area (Å²) in [6, 6.07) is 11.6. The summed E-state index contributed by atoms with van der Waals surface area (Å²) in [5.74, 6) is 2.42. The van der Waals surface area contributed by atoms with Crippen molar-refractivity contribution in [2.75, 3.05) is 20.1 Å². The van der Waals surface area contributed by atoms with Crippen LogP contribution in [0.4, 0.5) is 4.39 Å². The molecule has 6 heteroatoms. The number of aryl methyl sites for hydroxylation is 3. The maximum atomic E-state index is 14.5. The Hall–Kier alpha value is -2.44. The number of furan rings is 1. The Balaban J connectivity index is 1.46. The third-order valence-electron chi connectivity index (χ3n) is 6.84. The predicted molar refractivity (Wildman–Crippen MR) is 125 cm³/mol. The Morgan fingerprint density at radius 3 is 2.50 bits per heavy atom. The van der Waals surface area contributed by atoms with E-state index in [2.05, 4.69) is 41.1 Å². The molecule has 172 valence electrons. The number of benzene rings is 1. The highest BCUT2D eigenvalue weighted by molar-refractivity contribution is 5.20. The number of rotatable bonds is 8. The lowest BCUT2D eigenvalue weighted by Crippen LogP contribution is -2.45. The Kier molecular flexibility index (Phi) is 7.11. The molecule has 32 heavy (non-hydrogen) atoms. The van der Waals surface area contributed by atoms with Crippen molar-refractivity contribution in [2.45, 2.75) is 52.2 Å². The summed E-state index contributed by atoms with van der Waals surface area (Å²) >= 11 is 0. The highest BCUT2D eigenvalue weighted by Gasteiger charge is 2.30. The van der Waals surface area contributed by atoms with Gasteiger partial charge in [-0.25, -0.2) is 4.39 Å². The average molecular weight is 439 g/mol. The standard InChI is InChI=1S/C26H35FN4O/c1-19-9-10-24(32-19)18-31-13-11-21(12-14-31)26(15-22-7-5-6-8-25(22)27)29(3)16-23-17-30(4)28-20(23)2/h5-10,17,21,26H,11-16,18H2,1-4H3/t26-/m1/s1. The SMILES string of the molecule is Cc1ccc(CN2CCC([C@@H](Cc3ccccc3F)N(C)Cc3cn(C)nc3C)CC2)o1. The fourth-order valence-electron chi connectivity index (χ4n) is 5.05. The summed E-state index contributed by atoms with van der Waals surface area (Å²) in [5, 5.41) is 4.50. The molecule has 1 atom stereocenters. The van der Waals surface area contributed by atoms with Crippen LogP contribution < -0.4 is 0 Å². The first-order valence-electron chi connectivity index (χ1n) is 11.6. The Morgan fingerprint density at radius 1 is 1.12 bits per heavy atom. The van der Waals surface area contributed by atoms with Gasteiger partial charge in [-0.15, -0.1) is 0 Å². The quantitative estimate of drug-likeness (QED) is 0.510. The molecular formula is C26H35FN4O. The van der Waals surface area contributed by atoms with Crippen LogP contribution >= 0.6 is 0 Å². The van der Waals surface area contributed by atoms with Gasteiger partial charge in [-0.3, -0.25) is 14.5 Å². The summed E-state index contributed by atoms with van der Waals surface area (Å²) in [4.78, 5) is 4.88. The van der Waals surface area contributed by atoms with Crippen molar-refractivity contribution in [3.63, 3.8) is 0 Å². The Bertz CT molecular complexity index is 1020. The van der Waals surface area contributed by atoms with Crippen LogP contribution in [0, 0.1) is 25.6 Å². The van der Waals surface area contributed by atoms with Crippen molar-refractivity contribution in [3.05, 3.63) is 76.8 Å². The Morgan fingerprint density at radius 2 is 1.88 bits per heavy atom. The Labute approximate surface area is 190 Å². The van der Waals surface area contributed by atoms with Crippen molar-refractivity contribution in [3.8, 4) is 0 Å². The van der Waals surface area contributed by atoms with Gasteiger partial charge in [0.25, 0.3) is 0 Å². The number of aromatic nitrogens is 2.